The lowest BCUT2D eigenvalue weighted by Gasteiger charge is -2.10. The molecule has 1 unspecified atom stereocenters. The minimum atomic E-state index is 0.419. The van der Waals surface area contributed by atoms with Crippen molar-refractivity contribution in [2.75, 3.05) is 7.11 Å². The van der Waals surface area contributed by atoms with Gasteiger partial charge < -0.3 is 4.74 Å². The highest BCUT2D eigenvalue weighted by molar-refractivity contribution is 5.79. The van der Waals surface area contributed by atoms with Crippen LogP contribution in [0.4, 0.5) is 0 Å². The van der Waals surface area contributed by atoms with E-state index >= 15 is 0 Å². The third-order valence-electron chi connectivity index (χ3n) is 3.49. The van der Waals surface area contributed by atoms with Gasteiger partial charge in [0.25, 0.3) is 0 Å². The first-order chi connectivity index (χ1) is 9.24. The molecule has 0 amide bonds. The fourth-order valence-corrected chi connectivity index (χ4v) is 2.21. The Kier molecular flexibility index (Phi) is 4.72. The van der Waals surface area contributed by atoms with Crippen LogP contribution < -0.4 is 4.74 Å². The molecule has 102 valence electrons. The minimum absolute atomic E-state index is 0.419. The van der Waals surface area contributed by atoms with E-state index in [1.54, 1.807) is 7.11 Å². The molecule has 3 heteroatoms. The lowest BCUT2D eigenvalue weighted by Crippen LogP contribution is -2.01. The summed E-state index contributed by atoms with van der Waals surface area (Å²) >= 11 is 0. The van der Waals surface area contributed by atoms with Crippen molar-refractivity contribution in [1.29, 1.82) is 0 Å². The van der Waals surface area contributed by atoms with Gasteiger partial charge in [-0.05, 0) is 18.6 Å². The van der Waals surface area contributed by atoms with Crippen LogP contribution in [-0.4, -0.2) is 17.1 Å². The van der Waals surface area contributed by atoms with Crippen molar-refractivity contribution in [3.8, 4) is 5.75 Å². The molecule has 0 fully saturated rings. The van der Waals surface area contributed by atoms with Gasteiger partial charge in [0.1, 0.15) is 11.6 Å². The summed E-state index contributed by atoms with van der Waals surface area (Å²) in [5, 5.41) is 1.06. The van der Waals surface area contributed by atoms with Gasteiger partial charge in [-0.3, -0.25) is 0 Å². The number of fused-ring (bicyclic) bond motifs is 1. The number of benzene rings is 1. The van der Waals surface area contributed by atoms with Crippen LogP contribution in [0.15, 0.2) is 24.4 Å². The van der Waals surface area contributed by atoms with Crippen molar-refractivity contribution < 1.29 is 4.74 Å². The van der Waals surface area contributed by atoms with Crippen molar-refractivity contribution >= 4 is 10.9 Å². The van der Waals surface area contributed by atoms with Crippen LogP contribution in [0.2, 0.25) is 0 Å². The Hall–Kier alpha value is -1.64. The second-order valence-electron chi connectivity index (χ2n) is 5.05. The molecular formula is C16H22N2O. The molecule has 0 saturated carbocycles. The van der Waals surface area contributed by atoms with Gasteiger partial charge >= 0.3 is 0 Å². The molecule has 0 spiro atoms. The molecule has 1 atom stereocenters. The average molecular weight is 258 g/mol. The molecule has 2 aromatic rings. The summed E-state index contributed by atoms with van der Waals surface area (Å²) in [5.41, 5.74) is 0.965. The molecule has 19 heavy (non-hydrogen) atoms. The number of rotatable bonds is 6. The Morgan fingerprint density at radius 1 is 1.26 bits per heavy atom. The molecule has 0 aliphatic heterocycles. The molecular weight excluding hydrogens is 236 g/mol. The molecule has 0 aliphatic rings. The Morgan fingerprint density at radius 3 is 2.84 bits per heavy atom. The van der Waals surface area contributed by atoms with E-state index in [0.717, 1.165) is 28.9 Å². The summed E-state index contributed by atoms with van der Waals surface area (Å²) in [6.45, 7) is 4.43. The van der Waals surface area contributed by atoms with Crippen LogP contribution in [-0.2, 0) is 0 Å². The lowest BCUT2D eigenvalue weighted by molar-refractivity contribution is 0.415. The molecule has 0 aliphatic carbocycles. The zero-order valence-electron chi connectivity index (χ0n) is 12.0. The number of hydrogen-bond acceptors (Lipinski definition) is 3. The van der Waals surface area contributed by atoms with E-state index < -0.39 is 0 Å². The maximum atomic E-state index is 5.24. The summed E-state index contributed by atoms with van der Waals surface area (Å²) < 4.78 is 5.24. The van der Waals surface area contributed by atoms with Crippen LogP contribution in [0, 0.1) is 0 Å². The first kappa shape index (κ1) is 13.8. The van der Waals surface area contributed by atoms with E-state index in [1.165, 1.54) is 19.3 Å². The first-order valence-corrected chi connectivity index (χ1v) is 7.05. The predicted octanol–water partition coefficient (Wildman–Crippen LogP) is 4.32. The third kappa shape index (κ3) is 3.43. The monoisotopic (exact) mass is 258 g/mol. The third-order valence-corrected chi connectivity index (χ3v) is 3.49. The number of methoxy groups -OCH3 is 1. The van der Waals surface area contributed by atoms with Crippen LogP contribution in [0.1, 0.15) is 51.3 Å². The summed E-state index contributed by atoms with van der Waals surface area (Å²) in [6, 6.07) is 5.91. The Balaban J connectivity index is 2.19. The molecule has 0 saturated heterocycles. The van der Waals surface area contributed by atoms with Crippen molar-refractivity contribution in [2.24, 2.45) is 0 Å². The molecule has 1 heterocycles. The molecule has 1 aromatic heterocycles. The maximum absolute atomic E-state index is 5.24. The maximum Gasteiger partial charge on any atom is 0.131 e. The Morgan fingerprint density at radius 2 is 2.11 bits per heavy atom. The largest absolute Gasteiger partial charge is 0.497 e. The number of ether oxygens (including phenoxy) is 1. The fourth-order valence-electron chi connectivity index (χ4n) is 2.21. The number of hydrogen-bond donors (Lipinski definition) is 0. The van der Waals surface area contributed by atoms with Crippen molar-refractivity contribution in [2.45, 2.75) is 45.4 Å². The van der Waals surface area contributed by atoms with Gasteiger partial charge in [0.15, 0.2) is 0 Å². The smallest absolute Gasteiger partial charge is 0.131 e. The van der Waals surface area contributed by atoms with Crippen molar-refractivity contribution in [3.05, 3.63) is 30.2 Å². The van der Waals surface area contributed by atoms with Gasteiger partial charge in [-0.15, -0.1) is 0 Å². The van der Waals surface area contributed by atoms with E-state index in [9.17, 15) is 0 Å². The number of nitrogens with zero attached hydrogens (tertiary/aromatic N) is 2. The van der Waals surface area contributed by atoms with Gasteiger partial charge in [-0.25, -0.2) is 9.97 Å². The molecule has 3 nitrogen and oxygen atoms in total. The fraction of sp³-hybridized carbons (Fsp3) is 0.500. The van der Waals surface area contributed by atoms with Crippen molar-refractivity contribution in [1.82, 2.24) is 9.97 Å². The molecule has 2 rings (SSSR count). The Labute approximate surface area is 115 Å². The summed E-state index contributed by atoms with van der Waals surface area (Å²) in [6.07, 6.45) is 6.85. The van der Waals surface area contributed by atoms with Crippen LogP contribution in [0.3, 0.4) is 0 Å². The second kappa shape index (κ2) is 6.50. The van der Waals surface area contributed by atoms with Gasteiger partial charge in [0.2, 0.25) is 0 Å². The number of aromatic nitrogens is 2. The molecule has 1 aromatic carbocycles. The van der Waals surface area contributed by atoms with E-state index in [4.69, 9.17) is 4.74 Å². The summed E-state index contributed by atoms with van der Waals surface area (Å²) in [4.78, 5) is 9.16. The van der Waals surface area contributed by atoms with Gasteiger partial charge in [0.05, 0.1) is 12.6 Å². The van der Waals surface area contributed by atoms with Gasteiger partial charge in [0, 0.05) is 23.6 Å². The highest BCUT2D eigenvalue weighted by Gasteiger charge is 2.09. The van der Waals surface area contributed by atoms with E-state index in [2.05, 4.69) is 23.8 Å². The highest BCUT2D eigenvalue weighted by Crippen LogP contribution is 2.23. The zero-order chi connectivity index (χ0) is 13.7. The van der Waals surface area contributed by atoms with Crippen molar-refractivity contribution in [3.63, 3.8) is 0 Å². The minimum Gasteiger partial charge on any atom is -0.497 e. The number of unbranched alkanes of at least 4 members (excludes halogenated alkanes) is 2. The van der Waals surface area contributed by atoms with Crippen LogP contribution >= 0.6 is 0 Å². The van der Waals surface area contributed by atoms with E-state index in [-0.39, 0.29) is 0 Å². The Bertz CT molecular complexity index is 539. The van der Waals surface area contributed by atoms with Gasteiger partial charge in [-0.1, -0.05) is 33.1 Å². The zero-order valence-corrected chi connectivity index (χ0v) is 12.0. The van der Waals surface area contributed by atoms with Crippen LogP contribution in [0.5, 0.6) is 5.75 Å². The standard InChI is InChI=1S/C16H22N2O/c1-4-5-6-7-12(2)16-17-11-13-8-9-14(19-3)10-15(13)18-16/h8-12H,4-7H2,1-3H3. The topological polar surface area (TPSA) is 35.0 Å². The second-order valence-corrected chi connectivity index (χ2v) is 5.05. The summed E-state index contributed by atoms with van der Waals surface area (Å²) in [7, 11) is 1.68. The predicted molar refractivity (Wildman–Crippen MR) is 78.6 cm³/mol. The van der Waals surface area contributed by atoms with Gasteiger partial charge in [-0.2, -0.15) is 0 Å². The van der Waals surface area contributed by atoms with E-state index in [0.29, 0.717) is 5.92 Å². The first-order valence-electron chi connectivity index (χ1n) is 7.05. The quantitative estimate of drug-likeness (QED) is 0.724. The molecule has 0 bridgehead atoms. The average Bonchev–Trinajstić information content (AvgIpc) is 2.46. The normalized spacial score (nSPS) is 12.6. The molecule has 0 radical (unpaired) electrons. The van der Waals surface area contributed by atoms with Crippen LogP contribution in [0.25, 0.3) is 10.9 Å². The lowest BCUT2D eigenvalue weighted by atomic mass is 10.0. The SMILES string of the molecule is CCCCCC(C)c1ncc2ccc(OC)cc2n1. The highest BCUT2D eigenvalue weighted by atomic mass is 16.5. The van der Waals surface area contributed by atoms with E-state index in [1.807, 2.05) is 24.4 Å². The summed E-state index contributed by atoms with van der Waals surface area (Å²) in [5.74, 6) is 2.20. The molecule has 0 N–H and O–H groups in total.